The highest BCUT2D eigenvalue weighted by Crippen LogP contribution is 2.32. The van der Waals surface area contributed by atoms with E-state index in [1.54, 1.807) is 6.07 Å². The molecule has 1 atom stereocenters. The zero-order chi connectivity index (χ0) is 17.2. The number of likely N-dealkylation sites (tertiary alicyclic amines) is 1. The number of hydrogen-bond acceptors (Lipinski definition) is 5. The monoisotopic (exact) mass is 355 g/mol. The van der Waals surface area contributed by atoms with Crippen LogP contribution in [-0.4, -0.2) is 33.9 Å². The van der Waals surface area contributed by atoms with Crippen molar-refractivity contribution in [3.63, 3.8) is 0 Å². The van der Waals surface area contributed by atoms with Crippen molar-refractivity contribution >= 4 is 22.2 Å². The predicted octanol–water partition coefficient (Wildman–Crippen LogP) is 3.00. The van der Waals surface area contributed by atoms with E-state index < -0.39 is 0 Å². The fraction of sp³-hybridized carbons (Fsp3) is 0.500. The van der Waals surface area contributed by atoms with Crippen molar-refractivity contribution in [1.29, 1.82) is 5.26 Å². The van der Waals surface area contributed by atoms with Crippen LogP contribution in [0.1, 0.15) is 54.5 Å². The van der Waals surface area contributed by atoms with Crippen molar-refractivity contribution in [2.75, 3.05) is 18.4 Å². The van der Waals surface area contributed by atoms with E-state index in [0.29, 0.717) is 17.1 Å². The molecule has 0 radical (unpaired) electrons. The number of carbonyl (C=O) groups is 1. The second-order valence-corrected chi connectivity index (χ2v) is 7.62. The number of aryl methyl sites for hydroxylation is 2. The van der Waals surface area contributed by atoms with Crippen LogP contribution >= 0.6 is 11.3 Å². The molecule has 2 aromatic heterocycles. The molecule has 2 aromatic rings. The highest BCUT2D eigenvalue weighted by atomic mass is 32.1. The van der Waals surface area contributed by atoms with Gasteiger partial charge in [-0.05, 0) is 56.5 Å². The lowest BCUT2D eigenvalue weighted by atomic mass is 10.0. The van der Waals surface area contributed by atoms with E-state index in [4.69, 9.17) is 10.2 Å². The van der Waals surface area contributed by atoms with Crippen molar-refractivity contribution in [2.24, 2.45) is 0 Å². The molecule has 3 heterocycles. The van der Waals surface area contributed by atoms with Crippen molar-refractivity contribution in [3.05, 3.63) is 34.2 Å². The molecule has 0 spiro atoms. The number of nitrogens with zero attached hydrogens (tertiary/aromatic N) is 3. The van der Waals surface area contributed by atoms with Crippen molar-refractivity contribution in [2.45, 2.75) is 44.6 Å². The number of aromatic nitrogens is 2. The highest BCUT2D eigenvalue weighted by molar-refractivity contribution is 7.14. The molecule has 7 heteroatoms. The molecule has 130 valence electrons. The topological polar surface area (TPSA) is 84.8 Å². The number of nitriles is 1. The number of amides is 1. The first-order chi connectivity index (χ1) is 12.2. The van der Waals surface area contributed by atoms with E-state index in [-0.39, 0.29) is 11.9 Å². The van der Waals surface area contributed by atoms with Crippen molar-refractivity contribution < 1.29 is 4.79 Å². The summed E-state index contributed by atoms with van der Waals surface area (Å²) in [5, 5.41) is 14.4. The van der Waals surface area contributed by atoms with Crippen LogP contribution in [0.15, 0.2) is 11.4 Å². The Kier molecular flexibility index (Phi) is 4.55. The van der Waals surface area contributed by atoms with E-state index in [9.17, 15) is 4.79 Å². The lowest BCUT2D eigenvalue weighted by molar-refractivity contribution is -0.117. The van der Waals surface area contributed by atoms with Gasteiger partial charge in [0.25, 0.3) is 0 Å². The summed E-state index contributed by atoms with van der Waals surface area (Å²) in [5.74, 6) is 0.952. The van der Waals surface area contributed by atoms with Crippen LogP contribution < -0.4 is 5.32 Å². The van der Waals surface area contributed by atoms with Crippen LogP contribution in [0.3, 0.4) is 0 Å². The van der Waals surface area contributed by atoms with Crippen molar-refractivity contribution in [1.82, 2.24) is 14.9 Å². The number of H-pyrrole nitrogens is 1. The van der Waals surface area contributed by atoms with Gasteiger partial charge < -0.3 is 10.3 Å². The number of carbonyl (C=O) groups excluding carboxylic acids is 1. The molecule has 6 nitrogen and oxygen atoms in total. The Labute approximate surface area is 150 Å². The van der Waals surface area contributed by atoms with Crippen LogP contribution in [0.25, 0.3) is 0 Å². The second-order valence-electron chi connectivity index (χ2n) is 6.71. The van der Waals surface area contributed by atoms with Gasteiger partial charge in [-0.15, -0.1) is 11.3 Å². The fourth-order valence-electron chi connectivity index (χ4n) is 3.80. The van der Waals surface area contributed by atoms with E-state index in [0.717, 1.165) is 38.1 Å². The summed E-state index contributed by atoms with van der Waals surface area (Å²) in [7, 11) is 0. The number of imidazole rings is 1. The number of hydrogen-bond donors (Lipinski definition) is 2. The Hall–Kier alpha value is -2.17. The minimum Gasteiger partial charge on any atom is -0.344 e. The van der Waals surface area contributed by atoms with Gasteiger partial charge in [0.2, 0.25) is 5.91 Å². The standard InChI is InChI=1S/C18H21N5OS/c19-10-12-7-9-25-18(12)22-16(24)11-23-8-3-6-15(23)17-20-13-4-1-2-5-14(13)21-17/h7,9,15H,1-6,8,11H2,(H,20,21)(H,22,24)/t15-/m1/s1. The molecule has 0 bridgehead atoms. The minimum atomic E-state index is -0.0674. The summed E-state index contributed by atoms with van der Waals surface area (Å²) in [6, 6.07) is 4.02. The summed E-state index contributed by atoms with van der Waals surface area (Å²) in [6.07, 6.45) is 6.71. The second kappa shape index (κ2) is 6.98. The number of aromatic amines is 1. The molecule has 1 aliphatic carbocycles. The molecule has 1 aliphatic heterocycles. The summed E-state index contributed by atoms with van der Waals surface area (Å²) in [5.41, 5.74) is 3.03. The maximum absolute atomic E-state index is 12.4. The van der Waals surface area contributed by atoms with Gasteiger partial charge in [0.1, 0.15) is 16.9 Å². The number of nitrogens with one attached hydrogen (secondary N) is 2. The van der Waals surface area contributed by atoms with Crippen LogP contribution in [0.2, 0.25) is 0 Å². The molecule has 0 saturated carbocycles. The Bertz CT molecular complexity index is 794. The normalized spacial score (nSPS) is 20.2. The van der Waals surface area contributed by atoms with Gasteiger partial charge >= 0.3 is 0 Å². The predicted molar refractivity (Wildman–Crippen MR) is 96.4 cm³/mol. The van der Waals surface area contributed by atoms with Crippen LogP contribution in [-0.2, 0) is 17.6 Å². The molecule has 2 aliphatic rings. The van der Waals surface area contributed by atoms with Crippen LogP contribution in [0.4, 0.5) is 5.00 Å². The number of anilines is 1. The fourth-order valence-corrected chi connectivity index (χ4v) is 4.56. The quantitative estimate of drug-likeness (QED) is 0.883. The van der Waals surface area contributed by atoms with E-state index in [2.05, 4.69) is 21.3 Å². The average Bonchev–Trinajstić information content (AvgIpc) is 3.32. The maximum Gasteiger partial charge on any atom is 0.239 e. The molecule has 0 unspecified atom stereocenters. The summed E-state index contributed by atoms with van der Waals surface area (Å²) >= 11 is 1.38. The van der Waals surface area contributed by atoms with Gasteiger partial charge in [0.05, 0.1) is 23.8 Å². The van der Waals surface area contributed by atoms with Crippen LogP contribution in [0.5, 0.6) is 0 Å². The molecular weight excluding hydrogens is 334 g/mol. The van der Waals surface area contributed by atoms with Gasteiger partial charge in [0, 0.05) is 5.69 Å². The van der Waals surface area contributed by atoms with E-state index in [1.165, 1.54) is 35.6 Å². The molecule has 4 rings (SSSR count). The summed E-state index contributed by atoms with van der Waals surface area (Å²) in [4.78, 5) is 23.0. The molecular formula is C18H21N5OS. The molecule has 25 heavy (non-hydrogen) atoms. The lowest BCUT2D eigenvalue weighted by Crippen LogP contribution is -2.33. The lowest BCUT2D eigenvalue weighted by Gasteiger charge is -2.22. The zero-order valence-corrected chi connectivity index (χ0v) is 14.9. The average molecular weight is 355 g/mol. The molecule has 1 fully saturated rings. The first kappa shape index (κ1) is 16.3. The number of fused-ring (bicyclic) bond motifs is 1. The molecule has 1 amide bonds. The first-order valence-corrected chi connectivity index (χ1v) is 9.71. The third-order valence-electron chi connectivity index (χ3n) is 5.04. The third kappa shape index (κ3) is 3.32. The Morgan fingerprint density at radius 3 is 3.16 bits per heavy atom. The van der Waals surface area contributed by atoms with Gasteiger partial charge in [-0.2, -0.15) is 5.26 Å². The van der Waals surface area contributed by atoms with E-state index >= 15 is 0 Å². The van der Waals surface area contributed by atoms with Gasteiger partial charge in [0.15, 0.2) is 0 Å². The summed E-state index contributed by atoms with van der Waals surface area (Å²) < 4.78 is 0. The van der Waals surface area contributed by atoms with Gasteiger partial charge in [-0.3, -0.25) is 9.69 Å². The Morgan fingerprint density at radius 2 is 2.32 bits per heavy atom. The molecule has 0 aromatic carbocycles. The maximum atomic E-state index is 12.4. The smallest absolute Gasteiger partial charge is 0.239 e. The Morgan fingerprint density at radius 1 is 1.44 bits per heavy atom. The minimum absolute atomic E-state index is 0.0674. The zero-order valence-electron chi connectivity index (χ0n) is 14.0. The van der Waals surface area contributed by atoms with Crippen LogP contribution in [0, 0.1) is 11.3 Å². The molecule has 1 saturated heterocycles. The van der Waals surface area contributed by atoms with Gasteiger partial charge in [-0.25, -0.2) is 4.98 Å². The van der Waals surface area contributed by atoms with Gasteiger partial charge in [-0.1, -0.05) is 0 Å². The Balaban J connectivity index is 1.44. The largest absolute Gasteiger partial charge is 0.344 e. The third-order valence-corrected chi connectivity index (χ3v) is 5.87. The first-order valence-electron chi connectivity index (χ1n) is 8.84. The van der Waals surface area contributed by atoms with E-state index in [1.807, 2.05) is 5.38 Å². The SMILES string of the molecule is N#Cc1ccsc1NC(=O)CN1CCC[C@@H]1c1nc2c([nH]1)CCCC2. The molecule has 2 N–H and O–H groups in total. The number of rotatable bonds is 4. The number of thiophene rings is 1. The summed E-state index contributed by atoms with van der Waals surface area (Å²) in [6.45, 7) is 1.23. The highest BCUT2D eigenvalue weighted by Gasteiger charge is 2.31. The van der Waals surface area contributed by atoms with Crippen molar-refractivity contribution in [3.8, 4) is 6.07 Å².